The number of halogens is 1. The molecule has 0 saturated carbocycles. The molecular weight excluding hydrogens is 256 g/mol. The van der Waals surface area contributed by atoms with Gasteiger partial charge in [0.25, 0.3) is 0 Å². The highest BCUT2D eigenvalue weighted by atomic mass is 35.5. The van der Waals surface area contributed by atoms with E-state index in [0.29, 0.717) is 6.04 Å². The molecule has 0 amide bonds. The third kappa shape index (κ3) is 3.87. The summed E-state index contributed by atoms with van der Waals surface area (Å²) in [4.78, 5) is 2.52. The molecule has 106 valence electrons. The molecular formula is C16H25ClN2. The van der Waals surface area contributed by atoms with Crippen molar-refractivity contribution in [2.75, 3.05) is 11.4 Å². The van der Waals surface area contributed by atoms with Gasteiger partial charge in [-0.05, 0) is 50.8 Å². The first kappa shape index (κ1) is 14.7. The van der Waals surface area contributed by atoms with Crippen LogP contribution in [-0.2, 0) is 6.42 Å². The lowest BCUT2D eigenvalue weighted by Crippen LogP contribution is -2.33. The van der Waals surface area contributed by atoms with E-state index >= 15 is 0 Å². The number of hydrogen-bond donors (Lipinski definition) is 1. The molecule has 0 bridgehead atoms. The van der Waals surface area contributed by atoms with Gasteiger partial charge in [0, 0.05) is 29.3 Å². The molecule has 2 nitrogen and oxygen atoms in total. The van der Waals surface area contributed by atoms with Crippen LogP contribution in [0, 0.1) is 0 Å². The Morgan fingerprint density at radius 2 is 2.16 bits per heavy atom. The predicted molar refractivity (Wildman–Crippen MR) is 84.1 cm³/mol. The summed E-state index contributed by atoms with van der Waals surface area (Å²) in [6.07, 6.45) is 6.12. The lowest BCUT2D eigenvalue weighted by Gasteiger charge is -2.32. The van der Waals surface area contributed by atoms with Crippen LogP contribution in [0.2, 0.25) is 5.02 Å². The second-order valence-electron chi connectivity index (χ2n) is 5.85. The van der Waals surface area contributed by atoms with Crippen LogP contribution in [-0.4, -0.2) is 18.6 Å². The van der Waals surface area contributed by atoms with Gasteiger partial charge in [-0.1, -0.05) is 30.5 Å². The number of anilines is 1. The fourth-order valence-corrected chi connectivity index (χ4v) is 3.12. The van der Waals surface area contributed by atoms with E-state index < -0.39 is 0 Å². The fraction of sp³-hybridized carbons (Fsp3) is 0.625. The third-order valence-corrected chi connectivity index (χ3v) is 4.19. The highest BCUT2D eigenvalue weighted by molar-refractivity contribution is 6.30. The zero-order valence-corrected chi connectivity index (χ0v) is 12.8. The van der Waals surface area contributed by atoms with Gasteiger partial charge in [0.15, 0.2) is 0 Å². The lowest BCUT2D eigenvalue weighted by molar-refractivity contribution is 0.612. The van der Waals surface area contributed by atoms with Gasteiger partial charge in [-0.15, -0.1) is 0 Å². The molecule has 1 aliphatic heterocycles. The van der Waals surface area contributed by atoms with Gasteiger partial charge in [-0.3, -0.25) is 0 Å². The maximum Gasteiger partial charge on any atom is 0.0426 e. The van der Waals surface area contributed by atoms with E-state index in [1.165, 1.54) is 36.9 Å². The number of rotatable bonds is 3. The van der Waals surface area contributed by atoms with Gasteiger partial charge in [-0.2, -0.15) is 0 Å². The van der Waals surface area contributed by atoms with Crippen molar-refractivity contribution in [2.24, 2.45) is 5.73 Å². The Labute approximate surface area is 121 Å². The summed E-state index contributed by atoms with van der Waals surface area (Å²) in [6, 6.07) is 7.00. The molecule has 0 aromatic heterocycles. The Bertz CT molecular complexity index is 417. The van der Waals surface area contributed by atoms with Crippen molar-refractivity contribution < 1.29 is 0 Å². The average molecular weight is 281 g/mol. The fourth-order valence-electron chi connectivity index (χ4n) is 2.96. The molecule has 1 aliphatic rings. The highest BCUT2D eigenvalue weighted by Gasteiger charge is 2.20. The summed E-state index contributed by atoms with van der Waals surface area (Å²) < 4.78 is 0. The van der Waals surface area contributed by atoms with Crippen molar-refractivity contribution in [3.8, 4) is 0 Å². The van der Waals surface area contributed by atoms with Crippen LogP contribution in [0.15, 0.2) is 18.2 Å². The summed E-state index contributed by atoms with van der Waals surface area (Å²) in [5.41, 5.74) is 8.59. The number of nitrogens with zero attached hydrogens (tertiary/aromatic N) is 1. The first-order chi connectivity index (χ1) is 9.08. The Kier molecular flexibility index (Phi) is 5.12. The minimum atomic E-state index is 0.183. The van der Waals surface area contributed by atoms with E-state index in [9.17, 15) is 0 Å². The molecule has 2 unspecified atom stereocenters. The first-order valence-corrected chi connectivity index (χ1v) is 7.76. The Morgan fingerprint density at radius 1 is 1.37 bits per heavy atom. The van der Waals surface area contributed by atoms with Crippen molar-refractivity contribution in [3.63, 3.8) is 0 Å². The quantitative estimate of drug-likeness (QED) is 0.907. The van der Waals surface area contributed by atoms with Crippen LogP contribution >= 0.6 is 11.6 Å². The van der Waals surface area contributed by atoms with E-state index in [1.54, 1.807) is 0 Å². The summed E-state index contributed by atoms with van der Waals surface area (Å²) in [7, 11) is 0. The van der Waals surface area contributed by atoms with Gasteiger partial charge in [-0.25, -0.2) is 0 Å². The Balaban J connectivity index is 2.32. The largest absolute Gasteiger partial charge is 0.369 e. The number of benzene rings is 1. The SMILES string of the molecule is CC(N)Cc1ccc(Cl)cc1N1CCCCCC1C. The highest BCUT2D eigenvalue weighted by Crippen LogP contribution is 2.30. The van der Waals surface area contributed by atoms with Crippen LogP contribution in [0.25, 0.3) is 0 Å². The van der Waals surface area contributed by atoms with Crippen LogP contribution < -0.4 is 10.6 Å². The number of hydrogen-bond acceptors (Lipinski definition) is 2. The minimum absolute atomic E-state index is 0.183. The van der Waals surface area contributed by atoms with Crippen LogP contribution in [0.5, 0.6) is 0 Å². The molecule has 1 saturated heterocycles. The Hall–Kier alpha value is -0.730. The molecule has 3 heteroatoms. The average Bonchev–Trinajstić information content (AvgIpc) is 2.56. The maximum absolute atomic E-state index is 6.20. The van der Waals surface area contributed by atoms with E-state index in [-0.39, 0.29) is 6.04 Å². The molecule has 1 fully saturated rings. The normalized spacial score (nSPS) is 22.1. The van der Waals surface area contributed by atoms with Crippen LogP contribution in [0.4, 0.5) is 5.69 Å². The predicted octanol–water partition coefficient (Wildman–Crippen LogP) is 4.00. The molecule has 2 atom stereocenters. The van der Waals surface area contributed by atoms with Crippen molar-refractivity contribution in [2.45, 2.75) is 58.0 Å². The van der Waals surface area contributed by atoms with Gasteiger partial charge >= 0.3 is 0 Å². The van der Waals surface area contributed by atoms with E-state index in [1.807, 2.05) is 6.07 Å². The van der Waals surface area contributed by atoms with Gasteiger partial charge < -0.3 is 10.6 Å². The molecule has 0 aliphatic carbocycles. The zero-order valence-electron chi connectivity index (χ0n) is 12.0. The summed E-state index contributed by atoms with van der Waals surface area (Å²) >= 11 is 6.20. The lowest BCUT2D eigenvalue weighted by atomic mass is 10.0. The summed E-state index contributed by atoms with van der Waals surface area (Å²) in [6.45, 7) is 5.51. The topological polar surface area (TPSA) is 29.3 Å². The van der Waals surface area contributed by atoms with Gasteiger partial charge in [0.05, 0.1) is 0 Å². The molecule has 1 aromatic carbocycles. The zero-order chi connectivity index (χ0) is 13.8. The standard InChI is InChI=1S/C16H25ClN2/c1-12(18)10-14-7-8-15(17)11-16(14)19-9-5-3-4-6-13(19)2/h7-8,11-13H,3-6,9-10,18H2,1-2H3. The van der Waals surface area contributed by atoms with Crippen molar-refractivity contribution in [1.82, 2.24) is 0 Å². The smallest absolute Gasteiger partial charge is 0.0426 e. The minimum Gasteiger partial charge on any atom is -0.369 e. The summed E-state index contributed by atoms with van der Waals surface area (Å²) in [5, 5.41) is 0.819. The van der Waals surface area contributed by atoms with E-state index in [4.69, 9.17) is 17.3 Å². The second-order valence-corrected chi connectivity index (χ2v) is 6.28. The van der Waals surface area contributed by atoms with Gasteiger partial charge in [0.1, 0.15) is 0 Å². The Morgan fingerprint density at radius 3 is 2.89 bits per heavy atom. The monoisotopic (exact) mass is 280 g/mol. The van der Waals surface area contributed by atoms with Crippen LogP contribution in [0.3, 0.4) is 0 Å². The molecule has 0 spiro atoms. The van der Waals surface area contributed by atoms with Gasteiger partial charge in [0.2, 0.25) is 0 Å². The van der Waals surface area contributed by atoms with Crippen molar-refractivity contribution >= 4 is 17.3 Å². The summed E-state index contributed by atoms with van der Waals surface area (Å²) in [5.74, 6) is 0. The maximum atomic E-state index is 6.20. The molecule has 2 N–H and O–H groups in total. The first-order valence-electron chi connectivity index (χ1n) is 7.38. The molecule has 0 radical (unpaired) electrons. The second kappa shape index (κ2) is 6.62. The molecule has 1 heterocycles. The number of nitrogens with two attached hydrogens (primary N) is 1. The van der Waals surface area contributed by atoms with E-state index in [0.717, 1.165) is 18.0 Å². The van der Waals surface area contributed by atoms with E-state index in [2.05, 4.69) is 30.9 Å². The molecule has 19 heavy (non-hydrogen) atoms. The van der Waals surface area contributed by atoms with Crippen LogP contribution in [0.1, 0.15) is 45.1 Å². The molecule has 2 rings (SSSR count). The molecule has 1 aromatic rings. The van der Waals surface area contributed by atoms with Crippen molar-refractivity contribution in [3.05, 3.63) is 28.8 Å². The van der Waals surface area contributed by atoms with Crippen molar-refractivity contribution in [1.29, 1.82) is 0 Å². The third-order valence-electron chi connectivity index (χ3n) is 3.95.